The summed E-state index contributed by atoms with van der Waals surface area (Å²) in [5, 5.41) is 6.73. The van der Waals surface area contributed by atoms with E-state index in [1.165, 1.54) is 0 Å². The topological polar surface area (TPSA) is 41.1 Å². The molecule has 2 N–H and O–H groups in total. The normalized spacial score (nSPS) is 10.4. The van der Waals surface area contributed by atoms with Crippen molar-refractivity contribution in [1.82, 2.24) is 5.32 Å². The molecule has 1 amide bonds. The van der Waals surface area contributed by atoms with E-state index in [1.54, 1.807) is 0 Å². The molecule has 4 heteroatoms. The molecule has 2 aromatic carbocycles. The smallest absolute Gasteiger partial charge is 0.238 e. The molecule has 0 heterocycles. The molecule has 0 fully saturated rings. The molecule has 0 aromatic heterocycles. The zero-order valence-corrected chi connectivity index (χ0v) is 13.0. The Morgan fingerprint density at radius 1 is 1.05 bits per heavy atom. The van der Waals surface area contributed by atoms with Gasteiger partial charge in [-0.15, -0.1) is 0 Å². The number of carbonyl (C=O) groups excluding carboxylic acids is 1. The van der Waals surface area contributed by atoms with Crippen LogP contribution in [0.25, 0.3) is 0 Å². The molecule has 21 heavy (non-hydrogen) atoms. The maximum Gasteiger partial charge on any atom is 0.238 e. The second-order valence-electron chi connectivity index (χ2n) is 5.15. The van der Waals surface area contributed by atoms with Crippen molar-refractivity contribution in [3.8, 4) is 0 Å². The number of carbonyl (C=O) groups is 1. The van der Waals surface area contributed by atoms with Crippen molar-refractivity contribution in [3.05, 3.63) is 64.2 Å². The predicted molar refractivity (Wildman–Crippen MR) is 87.7 cm³/mol. The van der Waals surface area contributed by atoms with Gasteiger partial charge in [0.15, 0.2) is 0 Å². The SMILES string of the molecule is Cc1cc(C)cc(NC(=O)CNCc2ccc(Cl)cc2)c1. The molecule has 2 rings (SSSR count). The lowest BCUT2D eigenvalue weighted by molar-refractivity contribution is -0.115. The molecular formula is C17H19ClN2O. The van der Waals surface area contributed by atoms with Crippen molar-refractivity contribution in [2.45, 2.75) is 20.4 Å². The Morgan fingerprint density at radius 3 is 2.29 bits per heavy atom. The van der Waals surface area contributed by atoms with Gasteiger partial charge >= 0.3 is 0 Å². The summed E-state index contributed by atoms with van der Waals surface area (Å²) >= 11 is 5.83. The number of hydrogen-bond donors (Lipinski definition) is 2. The minimum absolute atomic E-state index is 0.0473. The molecule has 0 bridgehead atoms. The Balaban J connectivity index is 1.80. The van der Waals surface area contributed by atoms with Crippen molar-refractivity contribution in [3.63, 3.8) is 0 Å². The van der Waals surface area contributed by atoms with E-state index >= 15 is 0 Å². The molecule has 0 saturated carbocycles. The van der Waals surface area contributed by atoms with Crippen molar-refractivity contribution in [2.75, 3.05) is 11.9 Å². The van der Waals surface area contributed by atoms with E-state index in [9.17, 15) is 4.79 Å². The summed E-state index contributed by atoms with van der Waals surface area (Å²) in [5.41, 5.74) is 4.21. The van der Waals surface area contributed by atoms with Crippen LogP contribution in [0.5, 0.6) is 0 Å². The fourth-order valence-corrected chi connectivity index (χ4v) is 2.30. The van der Waals surface area contributed by atoms with Crippen LogP contribution in [0.3, 0.4) is 0 Å². The number of halogens is 1. The van der Waals surface area contributed by atoms with Gasteiger partial charge in [0.2, 0.25) is 5.91 Å². The number of amides is 1. The molecule has 0 saturated heterocycles. The zero-order chi connectivity index (χ0) is 15.2. The van der Waals surface area contributed by atoms with E-state index in [0.717, 1.165) is 22.4 Å². The molecule has 3 nitrogen and oxygen atoms in total. The summed E-state index contributed by atoms with van der Waals surface area (Å²) in [5.74, 6) is -0.0473. The second-order valence-corrected chi connectivity index (χ2v) is 5.59. The van der Waals surface area contributed by atoms with Crippen LogP contribution in [0.15, 0.2) is 42.5 Å². The van der Waals surface area contributed by atoms with Gasteiger partial charge in [-0.05, 0) is 54.8 Å². The number of benzene rings is 2. The highest BCUT2D eigenvalue weighted by Gasteiger charge is 2.03. The lowest BCUT2D eigenvalue weighted by atomic mass is 10.1. The summed E-state index contributed by atoms with van der Waals surface area (Å²) in [7, 11) is 0. The molecule has 0 atom stereocenters. The zero-order valence-electron chi connectivity index (χ0n) is 12.2. The molecule has 110 valence electrons. The van der Waals surface area contributed by atoms with Gasteiger partial charge in [0.05, 0.1) is 6.54 Å². The lowest BCUT2D eigenvalue weighted by Gasteiger charge is -2.08. The van der Waals surface area contributed by atoms with Gasteiger partial charge in [0, 0.05) is 17.3 Å². The van der Waals surface area contributed by atoms with Crippen LogP contribution >= 0.6 is 11.6 Å². The third-order valence-electron chi connectivity index (χ3n) is 3.03. The molecule has 0 radical (unpaired) electrons. The van der Waals surface area contributed by atoms with Crippen molar-refractivity contribution in [1.29, 1.82) is 0 Å². The molecule has 2 aromatic rings. The quantitative estimate of drug-likeness (QED) is 0.884. The van der Waals surface area contributed by atoms with Crippen LogP contribution < -0.4 is 10.6 Å². The van der Waals surface area contributed by atoms with Crippen LogP contribution in [0.2, 0.25) is 5.02 Å². The average molecular weight is 303 g/mol. The van der Waals surface area contributed by atoms with E-state index in [-0.39, 0.29) is 12.5 Å². The van der Waals surface area contributed by atoms with Crippen LogP contribution in [0.4, 0.5) is 5.69 Å². The third-order valence-corrected chi connectivity index (χ3v) is 3.29. The predicted octanol–water partition coefficient (Wildman–Crippen LogP) is 3.69. The molecule has 0 unspecified atom stereocenters. The van der Waals surface area contributed by atoms with Gasteiger partial charge in [0.25, 0.3) is 0 Å². The highest BCUT2D eigenvalue weighted by atomic mass is 35.5. The fourth-order valence-electron chi connectivity index (χ4n) is 2.17. The molecule has 0 aliphatic rings. The summed E-state index contributed by atoms with van der Waals surface area (Å²) in [4.78, 5) is 11.9. The maximum absolute atomic E-state index is 11.9. The Morgan fingerprint density at radius 2 is 1.67 bits per heavy atom. The summed E-state index contributed by atoms with van der Waals surface area (Å²) < 4.78 is 0. The summed E-state index contributed by atoms with van der Waals surface area (Å²) in [6, 6.07) is 13.6. The van der Waals surface area contributed by atoms with E-state index in [4.69, 9.17) is 11.6 Å². The molecule has 0 aliphatic carbocycles. The van der Waals surface area contributed by atoms with Gasteiger partial charge < -0.3 is 10.6 Å². The first kappa shape index (κ1) is 15.5. The molecular weight excluding hydrogens is 284 g/mol. The monoisotopic (exact) mass is 302 g/mol. The van der Waals surface area contributed by atoms with Gasteiger partial charge in [-0.3, -0.25) is 4.79 Å². The number of hydrogen-bond acceptors (Lipinski definition) is 2. The highest BCUT2D eigenvalue weighted by molar-refractivity contribution is 6.30. The van der Waals surface area contributed by atoms with Crippen molar-refractivity contribution >= 4 is 23.2 Å². The number of nitrogens with one attached hydrogen (secondary N) is 2. The Hall–Kier alpha value is -1.84. The first-order chi connectivity index (χ1) is 10.0. The van der Waals surface area contributed by atoms with Crippen LogP contribution in [-0.4, -0.2) is 12.5 Å². The standard InChI is InChI=1S/C17H19ClN2O/c1-12-7-13(2)9-16(8-12)20-17(21)11-19-10-14-3-5-15(18)6-4-14/h3-9,19H,10-11H2,1-2H3,(H,20,21). The average Bonchev–Trinajstić information content (AvgIpc) is 2.39. The Kier molecular flexibility index (Phi) is 5.37. The van der Waals surface area contributed by atoms with Crippen molar-refractivity contribution < 1.29 is 4.79 Å². The largest absolute Gasteiger partial charge is 0.325 e. The summed E-state index contributed by atoms with van der Waals surface area (Å²) in [6.45, 7) is 4.94. The van der Waals surface area contributed by atoms with Crippen LogP contribution in [-0.2, 0) is 11.3 Å². The highest BCUT2D eigenvalue weighted by Crippen LogP contribution is 2.13. The van der Waals surface area contributed by atoms with Gasteiger partial charge in [-0.2, -0.15) is 0 Å². The van der Waals surface area contributed by atoms with E-state index in [1.807, 2.05) is 50.2 Å². The Labute approximate surface area is 130 Å². The van der Waals surface area contributed by atoms with E-state index in [2.05, 4.69) is 16.7 Å². The van der Waals surface area contributed by atoms with Crippen LogP contribution in [0, 0.1) is 13.8 Å². The first-order valence-electron chi connectivity index (χ1n) is 6.86. The van der Waals surface area contributed by atoms with Crippen LogP contribution in [0.1, 0.15) is 16.7 Å². The van der Waals surface area contributed by atoms with Gasteiger partial charge in [0.1, 0.15) is 0 Å². The minimum atomic E-state index is -0.0473. The number of anilines is 1. The molecule has 0 aliphatic heterocycles. The third kappa shape index (κ3) is 5.21. The second kappa shape index (κ2) is 7.25. The number of aryl methyl sites for hydroxylation is 2. The molecule has 0 spiro atoms. The van der Waals surface area contributed by atoms with Gasteiger partial charge in [-0.1, -0.05) is 29.8 Å². The van der Waals surface area contributed by atoms with Gasteiger partial charge in [-0.25, -0.2) is 0 Å². The first-order valence-corrected chi connectivity index (χ1v) is 7.24. The van der Waals surface area contributed by atoms with E-state index < -0.39 is 0 Å². The van der Waals surface area contributed by atoms with E-state index in [0.29, 0.717) is 11.6 Å². The maximum atomic E-state index is 11.9. The number of rotatable bonds is 5. The van der Waals surface area contributed by atoms with Crippen molar-refractivity contribution in [2.24, 2.45) is 0 Å². The minimum Gasteiger partial charge on any atom is -0.325 e. The Bertz CT molecular complexity index is 603. The lowest BCUT2D eigenvalue weighted by Crippen LogP contribution is -2.27. The summed E-state index contributed by atoms with van der Waals surface area (Å²) in [6.07, 6.45) is 0. The fraction of sp³-hybridized carbons (Fsp3) is 0.235.